The zero-order chi connectivity index (χ0) is 16.6. The van der Waals surface area contributed by atoms with E-state index in [9.17, 15) is 4.79 Å². The second kappa shape index (κ2) is 6.14. The van der Waals surface area contributed by atoms with Gasteiger partial charge >= 0.3 is 0 Å². The van der Waals surface area contributed by atoms with Crippen molar-refractivity contribution in [2.75, 3.05) is 5.32 Å². The quantitative estimate of drug-likeness (QED) is 0.774. The number of hydrogen-bond donors (Lipinski definition) is 1. The molecule has 1 aromatic carbocycles. The molecule has 0 saturated heterocycles. The first kappa shape index (κ1) is 15.7. The van der Waals surface area contributed by atoms with Crippen LogP contribution in [0, 0.1) is 20.8 Å². The van der Waals surface area contributed by atoms with Crippen molar-refractivity contribution in [1.82, 2.24) is 14.8 Å². The average Bonchev–Trinajstić information content (AvgIpc) is 3.03. The molecule has 1 N–H and O–H groups in total. The molecule has 0 fully saturated rings. The number of thiazole rings is 1. The number of anilines is 1. The van der Waals surface area contributed by atoms with E-state index in [0.717, 1.165) is 11.4 Å². The molecule has 0 unspecified atom stereocenters. The van der Waals surface area contributed by atoms with Gasteiger partial charge in [-0.1, -0.05) is 22.9 Å². The Balaban J connectivity index is 1.87. The maximum absolute atomic E-state index is 12.5. The van der Waals surface area contributed by atoms with Gasteiger partial charge in [0.15, 0.2) is 0 Å². The third kappa shape index (κ3) is 3.28. The van der Waals surface area contributed by atoms with Gasteiger partial charge in [-0.15, -0.1) is 0 Å². The zero-order valence-corrected chi connectivity index (χ0v) is 14.5. The molecule has 118 valence electrons. The molecule has 0 aliphatic heterocycles. The van der Waals surface area contributed by atoms with Gasteiger partial charge in [-0.25, -0.2) is 9.67 Å². The van der Waals surface area contributed by atoms with Crippen LogP contribution in [-0.4, -0.2) is 20.7 Å². The van der Waals surface area contributed by atoms with E-state index < -0.39 is 0 Å². The van der Waals surface area contributed by atoms with Crippen LogP contribution in [0.3, 0.4) is 0 Å². The number of carbonyl (C=O) groups excluding carboxylic acids is 1. The molecule has 2 aromatic heterocycles. The smallest absolute Gasteiger partial charge is 0.267 e. The van der Waals surface area contributed by atoms with E-state index in [4.69, 9.17) is 11.6 Å². The van der Waals surface area contributed by atoms with E-state index >= 15 is 0 Å². The van der Waals surface area contributed by atoms with Crippen LogP contribution in [0.4, 0.5) is 5.69 Å². The molecule has 0 aliphatic carbocycles. The summed E-state index contributed by atoms with van der Waals surface area (Å²) in [6.45, 7) is 5.71. The minimum Gasteiger partial charge on any atom is -0.321 e. The maximum Gasteiger partial charge on any atom is 0.267 e. The minimum atomic E-state index is -0.185. The average molecular weight is 347 g/mol. The summed E-state index contributed by atoms with van der Waals surface area (Å²) < 4.78 is 1.76. The zero-order valence-electron chi connectivity index (χ0n) is 12.9. The van der Waals surface area contributed by atoms with Crippen molar-refractivity contribution >= 4 is 34.5 Å². The fraction of sp³-hybridized carbons (Fsp3) is 0.188. The second-order valence-electron chi connectivity index (χ2n) is 5.21. The first-order chi connectivity index (χ1) is 10.9. The van der Waals surface area contributed by atoms with Gasteiger partial charge in [0.25, 0.3) is 5.91 Å². The Hall–Kier alpha value is -2.18. The standard InChI is InChI=1S/C16H15ClN4OS/c1-9-8-10(2)21(20-9)16-18-11(3)14(23-16)15(22)19-13-6-4-12(17)5-7-13/h4-8H,1-3H3,(H,19,22). The van der Waals surface area contributed by atoms with E-state index in [2.05, 4.69) is 15.4 Å². The van der Waals surface area contributed by atoms with Gasteiger partial charge in [-0.3, -0.25) is 4.79 Å². The Bertz CT molecular complexity index is 867. The molecule has 0 bridgehead atoms. The van der Waals surface area contributed by atoms with Crippen LogP contribution in [0.5, 0.6) is 0 Å². The molecule has 0 aliphatic rings. The molecule has 2 heterocycles. The van der Waals surface area contributed by atoms with Crippen molar-refractivity contribution in [3.8, 4) is 5.13 Å². The molecule has 23 heavy (non-hydrogen) atoms. The maximum atomic E-state index is 12.5. The molecule has 7 heteroatoms. The lowest BCUT2D eigenvalue weighted by molar-refractivity contribution is 0.103. The molecular weight excluding hydrogens is 332 g/mol. The highest BCUT2D eigenvalue weighted by Crippen LogP contribution is 2.24. The SMILES string of the molecule is Cc1cc(C)n(-c2nc(C)c(C(=O)Nc3ccc(Cl)cc3)s2)n1. The summed E-state index contributed by atoms with van der Waals surface area (Å²) in [6.07, 6.45) is 0. The third-order valence-electron chi connectivity index (χ3n) is 3.28. The molecule has 3 rings (SSSR count). The molecule has 0 atom stereocenters. The summed E-state index contributed by atoms with van der Waals surface area (Å²) >= 11 is 7.17. The summed E-state index contributed by atoms with van der Waals surface area (Å²) in [7, 11) is 0. The number of halogens is 1. The summed E-state index contributed by atoms with van der Waals surface area (Å²) in [5, 5.41) is 8.58. The van der Waals surface area contributed by atoms with E-state index in [1.165, 1.54) is 11.3 Å². The van der Waals surface area contributed by atoms with Crippen LogP contribution >= 0.6 is 22.9 Å². The first-order valence-corrected chi connectivity index (χ1v) is 8.21. The number of aryl methyl sites for hydroxylation is 3. The highest BCUT2D eigenvalue weighted by Gasteiger charge is 2.18. The van der Waals surface area contributed by atoms with Gasteiger partial charge in [0.2, 0.25) is 5.13 Å². The van der Waals surface area contributed by atoms with Crippen molar-refractivity contribution in [3.05, 3.63) is 57.3 Å². The molecule has 5 nitrogen and oxygen atoms in total. The Kier molecular flexibility index (Phi) is 4.19. The van der Waals surface area contributed by atoms with E-state index in [1.807, 2.05) is 26.8 Å². The topological polar surface area (TPSA) is 59.8 Å². The number of aromatic nitrogens is 3. The Labute approximate surface area is 142 Å². The number of hydrogen-bond acceptors (Lipinski definition) is 4. The van der Waals surface area contributed by atoms with Crippen LogP contribution in [0.25, 0.3) is 5.13 Å². The number of nitrogens with zero attached hydrogens (tertiary/aromatic N) is 3. The van der Waals surface area contributed by atoms with Crippen LogP contribution in [0.2, 0.25) is 5.02 Å². The Morgan fingerprint density at radius 1 is 1.22 bits per heavy atom. The highest BCUT2D eigenvalue weighted by molar-refractivity contribution is 7.16. The third-order valence-corrected chi connectivity index (χ3v) is 4.67. The lowest BCUT2D eigenvalue weighted by Crippen LogP contribution is -2.11. The van der Waals surface area contributed by atoms with E-state index in [0.29, 0.717) is 26.4 Å². The fourth-order valence-corrected chi connectivity index (χ4v) is 3.33. The summed E-state index contributed by atoms with van der Waals surface area (Å²) in [5.41, 5.74) is 3.28. The molecule has 3 aromatic rings. The predicted molar refractivity (Wildman–Crippen MR) is 92.9 cm³/mol. The summed E-state index contributed by atoms with van der Waals surface area (Å²) in [4.78, 5) is 17.5. The minimum absolute atomic E-state index is 0.185. The van der Waals surface area contributed by atoms with Crippen LogP contribution in [0.1, 0.15) is 26.8 Å². The lowest BCUT2D eigenvalue weighted by Gasteiger charge is -2.03. The summed E-state index contributed by atoms with van der Waals surface area (Å²) in [5.74, 6) is -0.185. The normalized spacial score (nSPS) is 10.8. The number of rotatable bonds is 3. The molecule has 0 radical (unpaired) electrons. The number of amides is 1. The number of carbonyl (C=O) groups is 1. The number of benzene rings is 1. The van der Waals surface area contributed by atoms with Gasteiger partial charge in [-0.05, 0) is 51.1 Å². The highest BCUT2D eigenvalue weighted by atomic mass is 35.5. The van der Waals surface area contributed by atoms with Gasteiger partial charge in [-0.2, -0.15) is 5.10 Å². The van der Waals surface area contributed by atoms with Gasteiger partial charge in [0.05, 0.1) is 11.4 Å². The lowest BCUT2D eigenvalue weighted by atomic mass is 10.3. The van der Waals surface area contributed by atoms with Crippen molar-refractivity contribution in [3.63, 3.8) is 0 Å². The monoisotopic (exact) mass is 346 g/mol. The van der Waals surface area contributed by atoms with Crippen LogP contribution in [-0.2, 0) is 0 Å². The van der Waals surface area contributed by atoms with Crippen molar-refractivity contribution < 1.29 is 4.79 Å². The van der Waals surface area contributed by atoms with Gasteiger partial charge in [0.1, 0.15) is 4.88 Å². The van der Waals surface area contributed by atoms with Crippen LogP contribution in [0.15, 0.2) is 30.3 Å². The molecule has 1 amide bonds. The van der Waals surface area contributed by atoms with E-state index in [-0.39, 0.29) is 5.91 Å². The largest absolute Gasteiger partial charge is 0.321 e. The van der Waals surface area contributed by atoms with Gasteiger partial charge in [0, 0.05) is 16.4 Å². The predicted octanol–water partition coefficient (Wildman–Crippen LogP) is 4.16. The summed E-state index contributed by atoms with van der Waals surface area (Å²) in [6, 6.07) is 8.97. The van der Waals surface area contributed by atoms with E-state index in [1.54, 1.807) is 28.9 Å². The first-order valence-electron chi connectivity index (χ1n) is 7.02. The fourth-order valence-electron chi connectivity index (χ4n) is 2.23. The Morgan fingerprint density at radius 2 is 1.91 bits per heavy atom. The van der Waals surface area contributed by atoms with Crippen molar-refractivity contribution in [2.45, 2.75) is 20.8 Å². The second-order valence-corrected chi connectivity index (χ2v) is 6.62. The van der Waals surface area contributed by atoms with Crippen LogP contribution < -0.4 is 5.32 Å². The number of nitrogens with one attached hydrogen (secondary N) is 1. The Morgan fingerprint density at radius 3 is 2.52 bits per heavy atom. The van der Waals surface area contributed by atoms with Crippen molar-refractivity contribution in [1.29, 1.82) is 0 Å². The van der Waals surface area contributed by atoms with Gasteiger partial charge < -0.3 is 5.32 Å². The van der Waals surface area contributed by atoms with Crippen molar-refractivity contribution in [2.24, 2.45) is 0 Å². The molecule has 0 saturated carbocycles. The molecule has 0 spiro atoms. The molecular formula is C16H15ClN4OS.